The molecule has 0 saturated carbocycles. The van der Waals surface area contributed by atoms with Crippen LogP contribution < -0.4 is 11.1 Å². The Morgan fingerprint density at radius 3 is 3.07 bits per heavy atom. The first kappa shape index (κ1) is 10.6. The lowest BCUT2D eigenvalue weighted by Crippen LogP contribution is -2.35. The van der Waals surface area contributed by atoms with Gasteiger partial charge in [-0.15, -0.1) is 5.10 Å². The summed E-state index contributed by atoms with van der Waals surface area (Å²) in [6, 6.07) is -0.506. The number of rotatable bonds is 5. The van der Waals surface area contributed by atoms with Crippen LogP contribution in [0.1, 0.15) is 26.2 Å². The maximum Gasteiger partial charge on any atom is 0.269 e. The molecule has 0 spiro atoms. The van der Waals surface area contributed by atoms with Crippen molar-refractivity contribution in [3.05, 3.63) is 0 Å². The molecule has 1 rings (SSSR count). The maximum absolute atomic E-state index is 11.4. The molecule has 0 aliphatic rings. The van der Waals surface area contributed by atoms with Crippen LogP contribution in [-0.2, 0) is 4.79 Å². The lowest BCUT2D eigenvalue weighted by Gasteiger charge is -2.08. The highest BCUT2D eigenvalue weighted by molar-refractivity contribution is 5.92. The van der Waals surface area contributed by atoms with Crippen LogP contribution in [0.5, 0.6) is 0 Å². The molecule has 1 heterocycles. The number of aromatic nitrogens is 4. The molecule has 1 aromatic heterocycles. The molecule has 7 nitrogen and oxygen atoms in total. The normalized spacial score (nSPS) is 12.4. The molecule has 7 heteroatoms. The van der Waals surface area contributed by atoms with Gasteiger partial charge in [0.05, 0.1) is 6.04 Å². The van der Waals surface area contributed by atoms with Crippen molar-refractivity contribution in [2.75, 3.05) is 5.32 Å². The minimum Gasteiger partial charge on any atom is -0.320 e. The Morgan fingerprint density at radius 2 is 2.50 bits per heavy atom. The minimum absolute atomic E-state index is 0.155. The van der Waals surface area contributed by atoms with E-state index in [1.54, 1.807) is 0 Å². The highest BCUT2D eigenvalue weighted by atomic mass is 16.2. The van der Waals surface area contributed by atoms with Gasteiger partial charge in [0.2, 0.25) is 5.91 Å². The van der Waals surface area contributed by atoms with Crippen molar-refractivity contribution in [1.82, 2.24) is 20.6 Å². The summed E-state index contributed by atoms with van der Waals surface area (Å²) < 4.78 is 0. The smallest absolute Gasteiger partial charge is 0.269 e. The van der Waals surface area contributed by atoms with Crippen LogP contribution in [0.2, 0.25) is 0 Å². The predicted octanol–water partition coefficient (Wildman–Crippen LogP) is -0.344. The van der Waals surface area contributed by atoms with Gasteiger partial charge >= 0.3 is 0 Å². The van der Waals surface area contributed by atoms with E-state index in [2.05, 4.69) is 25.9 Å². The molecule has 0 radical (unpaired) electrons. The number of anilines is 1. The monoisotopic (exact) mass is 198 g/mol. The first-order valence-electron chi connectivity index (χ1n) is 4.54. The van der Waals surface area contributed by atoms with Crippen LogP contribution in [0.15, 0.2) is 0 Å². The Balaban J connectivity index is 2.34. The van der Waals surface area contributed by atoms with Crippen LogP contribution in [0.3, 0.4) is 0 Å². The number of carbonyl (C=O) groups excluding carboxylic acids is 1. The van der Waals surface area contributed by atoms with E-state index in [1.807, 2.05) is 6.92 Å². The number of hydrogen-bond acceptors (Lipinski definition) is 5. The van der Waals surface area contributed by atoms with Crippen molar-refractivity contribution in [3.63, 3.8) is 0 Å². The summed E-state index contributed by atoms with van der Waals surface area (Å²) in [5.74, 6) is -0.123. The molecule has 0 bridgehead atoms. The van der Waals surface area contributed by atoms with E-state index in [-0.39, 0.29) is 11.9 Å². The summed E-state index contributed by atoms with van der Waals surface area (Å²) in [6.07, 6.45) is 2.62. The van der Waals surface area contributed by atoms with Crippen LogP contribution >= 0.6 is 0 Å². The lowest BCUT2D eigenvalue weighted by atomic mass is 10.1. The van der Waals surface area contributed by atoms with E-state index in [0.29, 0.717) is 6.42 Å². The molecule has 4 N–H and O–H groups in total. The average Bonchev–Trinajstić information content (AvgIpc) is 2.66. The molecule has 0 aliphatic carbocycles. The fraction of sp³-hybridized carbons (Fsp3) is 0.714. The fourth-order valence-corrected chi connectivity index (χ4v) is 0.973. The van der Waals surface area contributed by atoms with Crippen molar-refractivity contribution in [1.29, 1.82) is 0 Å². The second-order valence-corrected chi connectivity index (χ2v) is 2.97. The Hall–Kier alpha value is -1.50. The second kappa shape index (κ2) is 5.28. The van der Waals surface area contributed by atoms with Gasteiger partial charge in [-0.1, -0.05) is 24.9 Å². The van der Waals surface area contributed by atoms with Crippen LogP contribution in [-0.4, -0.2) is 32.6 Å². The van der Waals surface area contributed by atoms with E-state index in [4.69, 9.17) is 5.73 Å². The first-order chi connectivity index (χ1) is 6.74. The molecule has 0 saturated heterocycles. The van der Waals surface area contributed by atoms with Gasteiger partial charge < -0.3 is 5.73 Å². The number of unbranched alkanes of at least 4 members (excludes halogenated alkanes) is 1. The quantitative estimate of drug-likeness (QED) is 0.599. The van der Waals surface area contributed by atoms with Crippen molar-refractivity contribution in [2.45, 2.75) is 32.2 Å². The molecule has 1 amide bonds. The zero-order chi connectivity index (χ0) is 10.4. The van der Waals surface area contributed by atoms with Crippen LogP contribution in [0.4, 0.5) is 5.95 Å². The number of nitrogens with two attached hydrogens (primary N) is 1. The van der Waals surface area contributed by atoms with Crippen molar-refractivity contribution in [3.8, 4) is 0 Å². The maximum atomic E-state index is 11.4. The Labute approximate surface area is 81.4 Å². The molecule has 0 fully saturated rings. The molecule has 0 aromatic carbocycles. The van der Waals surface area contributed by atoms with Gasteiger partial charge in [0, 0.05) is 0 Å². The molecule has 78 valence electrons. The van der Waals surface area contributed by atoms with E-state index in [9.17, 15) is 4.79 Å². The molecule has 1 unspecified atom stereocenters. The fourth-order valence-electron chi connectivity index (χ4n) is 0.973. The van der Waals surface area contributed by atoms with Gasteiger partial charge in [-0.25, -0.2) is 0 Å². The minimum atomic E-state index is -0.506. The number of aromatic amines is 1. The number of carbonyl (C=O) groups is 1. The topological polar surface area (TPSA) is 110 Å². The first-order valence-corrected chi connectivity index (χ1v) is 4.54. The predicted molar refractivity (Wildman–Crippen MR) is 50.3 cm³/mol. The number of H-pyrrole nitrogens is 1. The SMILES string of the molecule is CCCCC(N)C(=O)Nc1nn[nH]n1. The highest BCUT2D eigenvalue weighted by Gasteiger charge is 2.14. The third-order valence-corrected chi connectivity index (χ3v) is 1.79. The highest BCUT2D eigenvalue weighted by Crippen LogP contribution is 2.00. The van der Waals surface area contributed by atoms with Crippen LogP contribution in [0, 0.1) is 0 Å². The van der Waals surface area contributed by atoms with Gasteiger partial charge in [-0.05, 0) is 11.6 Å². The number of nitrogens with one attached hydrogen (secondary N) is 2. The summed E-state index contributed by atoms with van der Waals surface area (Å²) in [5.41, 5.74) is 5.62. The van der Waals surface area contributed by atoms with Gasteiger partial charge in [0.1, 0.15) is 0 Å². The zero-order valence-corrected chi connectivity index (χ0v) is 8.03. The molecular weight excluding hydrogens is 184 g/mol. The van der Waals surface area contributed by atoms with E-state index in [1.165, 1.54) is 0 Å². The molecular formula is C7H14N6O. The van der Waals surface area contributed by atoms with E-state index in [0.717, 1.165) is 12.8 Å². The second-order valence-electron chi connectivity index (χ2n) is 2.97. The van der Waals surface area contributed by atoms with Gasteiger partial charge in [0.25, 0.3) is 5.95 Å². The van der Waals surface area contributed by atoms with Crippen molar-refractivity contribution < 1.29 is 4.79 Å². The van der Waals surface area contributed by atoms with E-state index < -0.39 is 6.04 Å². The number of hydrogen-bond donors (Lipinski definition) is 3. The summed E-state index contributed by atoms with van der Waals surface area (Å²) in [7, 11) is 0. The number of nitrogens with zero attached hydrogens (tertiary/aromatic N) is 3. The molecule has 1 aromatic rings. The average molecular weight is 198 g/mol. The van der Waals surface area contributed by atoms with Crippen LogP contribution in [0.25, 0.3) is 0 Å². The molecule has 14 heavy (non-hydrogen) atoms. The number of amides is 1. The summed E-state index contributed by atoms with van der Waals surface area (Å²) in [5, 5.41) is 15.2. The van der Waals surface area contributed by atoms with Gasteiger partial charge in [-0.3, -0.25) is 10.1 Å². The van der Waals surface area contributed by atoms with Crippen molar-refractivity contribution in [2.24, 2.45) is 5.73 Å². The van der Waals surface area contributed by atoms with Gasteiger partial charge in [-0.2, -0.15) is 5.21 Å². The molecule has 0 aliphatic heterocycles. The zero-order valence-electron chi connectivity index (χ0n) is 8.03. The third kappa shape index (κ3) is 3.09. The Morgan fingerprint density at radius 1 is 1.71 bits per heavy atom. The summed E-state index contributed by atoms with van der Waals surface area (Å²) in [4.78, 5) is 11.4. The van der Waals surface area contributed by atoms with E-state index >= 15 is 0 Å². The number of tetrazole rings is 1. The van der Waals surface area contributed by atoms with Gasteiger partial charge in [0.15, 0.2) is 0 Å². The molecule has 1 atom stereocenters. The Kier molecular flexibility index (Phi) is 3.99. The lowest BCUT2D eigenvalue weighted by molar-refractivity contribution is -0.117. The van der Waals surface area contributed by atoms with Crippen molar-refractivity contribution >= 4 is 11.9 Å². The summed E-state index contributed by atoms with van der Waals surface area (Å²) >= 11 is 0. The summed E-state index contributed by atoms with van der Waals surface area (Å²) in [6.45, 7) is 2.05. The Bertz CT molecular complexity index is 272. The third-order valence-electron chi connectivity index (χ3n) is 1.79. The standard InChI is InChI=1S/C7H14N6O/c1-2-3-4-5(8)6(14)9-7-10-12-13-11-7/h5H,2-4,8H2,1H3,(H2,9,10,11,12,13,14). The largest absolute Gasteiger partial charge is 0.320 e.